The van der Waals surface area contributed by atoms with Crippen LogP contribution in [0, 0.1) is 0 Å². The Kier molecular flexibility index (Phi) is 2.93. The number of hydrogen-bond donors (Lipinski definition) is 1. The van der Waals surface area contributed by atoms with E-state index < -0.39 is 0 Å². The molecule has 0 spiro atoms. The van der Waals surface area contributed by atoms with Gasteiger partial charge in [0.15, 0.2) is 0 Å². The second-order valence-corrected chi connectivity index (χ2v) is 6.33. The van der Waals surface area contributed by atoms with E-state index in [0.717, 1.165) is 35.5 Å². The number of anilines is 1. The maximum atomic E-state index is 5.84. The Hall–Kier alpha value is -1.94. The number of nitrogens with two attached hydrogens (primary N) is 1. The second-order valence-electron chi connectivity index (χ2n) is 5.41. The molecule has 0 unspecified atom stereocenters. The summed E-state index contributed by atoms with van der Waals surface area (Å²) in [6.07, 6.45) is 3.09. The highest BCUT2D eigenvalue weighted by atomic mass is 79.9. The molecule has 0 atom stereocenters. The van der Waals surface area contributed by atoms with Gasteiger partial charge in [-0.1, -0.05) is 15.9 Å². The van der Waals surface area contributed by atoms with Gasteiger partial charge in [0, 0.05) is 39.2 Å². The van der Waals surface area contributed by atoms with Gasteiger partial charge in [-0.2, -0.15) is 0 Å². The fourth-order valence-corrected chi connectivity index (χ4v) is 3.56. The Morgan fingerprint density at radius 3 is 3.00 bits per heavy atom. The lowest BCUT2D eigenvalue weighted by molar-refractivity contribution is 0.353. The topological polar surface area (TPSA) is 40.2 Å². The third-order valence-corrected chi connectivity index (χ3v) is 4.42. The molecule has 4 heteroatoms. The van der Waals surface area contributed by atoms with Crippen LogP contribution in [0.2, 0.25) is 0 Å². The summed E-state index contributed by atoms with van der Waals surface area (Å²) in [6, 6.07) is 12.4. The lowest BCUT2D eigenvalue weighted by Crippen LogP contribution is -2.00. The molecule has 1 aromatic heterocycles. The molecule has 0 radical (unpaired) electrons. The van der Waals surface area contributed by atoms with Crippen LogP contribution in [0.15, 0.2) is 47.1 Å². The van der Waals surface area contributed by atoms with E-state index in [4.69, 9.17) is 10.5 Å². The normalized spacial score (nSPS) is 13.4. The Morgan fingerprint density at radius 1 is 1.19 bits per heavy atom. The van der Waals surface area contributed by atoms with Crippen LogP contribution in [0.25, 0.3) is 10.9 Å². The lowest BCUT2D eigenvalue weighted by atomic mass is 10.1. The van der Waals surface area contributed by atoms with Gasteiger partial charge in [-0.15, -0.1) is 0 Å². The third kappa shape index (κ3) is 2.20. The molecule has 3 aromatic rings. The maximum absolute atomic E-state index is 5.84. The molecule has 1 aliphatic heterocycles. The first-order valence-corrected chi connectivity index (χ1v) is 7.78. The van der Waals surface area contributed by atoms with Crippen molar-refractivity contribution in [2.24, 2.45) is 0 Å². The summed E-state index contributed by atoms with van der Waals surface area (Å²) >= 11 is 3.60. The zero-order valence-corrected chi connectivity index (χ0v) is 13.1. The fourth-order valence-electron chi connectivity index (χ4n) is 3.00. The smallest absolute Gasteiger partial charge is 0.127 e. The average Bonchev–Trinajstić information content (AvgIpc) is 3.05. The highest BCUT2D eigenvalue weighted by molar-refractivity contribution is 9.10. The van der Waals surface area contributed by atoms with Gasteiger partial charge in [-0.25, -0.2) is 0 Å². The SMILES string of the molecule is Nc1ccc2c(ccn2Cc2cc(Br)cc3c2OCC3)c1. The highest BCUT2D eigenvalue weighted by Crippen LogP contribution is 2.34. The monoisotopic (exact) mass is 342 g/mol. The summed E-state index contributed by atoms with van der Waals surface area (Å²) in [5.41, 5.74) is 10.3. The summed E-state index contributed by atoms with van der Waals surface area (Å²) in [7, 11) is 0. The third-order valence-electron chi connectivity index (χ3n) is 3.96. The van der Waals surface area contributed by atoms with E-state index in [9.17, 15) is 0 Å². The summed E-state index contributed by atoms with van der Waals surface area (Å²) in [4.78, 5) is 0. The molecular weight excluding hydrogens is 328 g/mol. The minimum atomic E-state index is 0.780. The van der Waals surface area contributed by atoms with Crippen LogP contribution in [-0.2, 0) is 13.0 Å². The van der Waals surface area contributed by atoms with Gasteiger partial charge in [-0.3, -0.25) is 0 Å². The van der Waals surface area contributed by atoms with Crippen molar-refractivity contribution in [1.29, 1.82) is 0 Å². The molecule has 106 valence electrons. The highest BCUT2D eigenvalue weighted by Gasteiger charge is 2.18. The van der Waals surface area contributed by atoms with E-state index in [1.165, 1.54) is 22.0 Å². The van der Waals surface area contributed by atoms with E-state index in [2.05, 4.69) is 51.0 Å². The van der Waals surface area contributed by atoms with Gasteiger partial charge in [0.25, 0.3) is 0 Å². The van der Waals surface area contributed by atoms with Crippen LogP contribution in [0.3, 0.4) is 0 Å². The second kappa shape index (κ2) is 4.81. The molecule has 2 aromatic carbocycles. The molecule has 1 aliphatic rings. The molecular formula is C17H15BrN2O. The number of fused-ring (bicyclic) bond motifs is 2. The van der Waals surface area contributed by atoms with E-state index in [1.807, 2.05) is 12.1 Å². The van der Waals surface area contributed by atoms with Crippen LogP contribution in [0.1, 0.15) is 11.1 Å². The van der Waals surface area contributed by atoms with Gasteiger partial charge in [0.1, 0.15) is 5.75 Å². The largest absolute Gasteiger partial charge is 0.493 e. The number of halogens is 1. The van der Waals surface area contributed by atoms with Crippen molar-refractivity contribution in [1.82, 2.24) is 4.57 Å². The van der Waals surface area contributed by atoms with Gasteiger partial charge < -0.3 is 15.0 Å². The van der Waals surface area contributed by atoms with Crippen LogP contribution in [-0.4, -0.2) is 11.2 Å². The molecule has 2 heterocycles. The predicted molar refractivity (Wildman–Crippen MR) is 88.8 cm³/mol. The van der Waals surface area contributed by atoms with Gasteiger partial charge in [0.05, 0.1) is 13.2 Å². The molecule has 0 saturated heterocycles. The lowest BCUT2D eigenvalue weighted by Gasteiger charge is -2.11. The molecule has 0 aliphatic carbocycles. The van der Waals surface area contributed by atoms with Gasteiger partial charge in [-0.05, 0) is 42.0 Å². The number of rotatable bonds is 2. The quantitative estimate of drug-likeness (QED) is 0.716. The predicted octanol–water partition coefficient (Wildman–Crippen LogP) is 3.97. The zero-order chi connectivity index (χ0) is 14.4. The molecule has 2 N–H and O–H groups in total. The van der Waals surface area contributed by atoms with Gasteiger partial charge >= 0.3 is 0 Å². The van der Waals surface area contributed by atoms with Crippen molar-refractivity contribution in [3.05, 3.63) is 58.2 Å². The Balaban J connectivity index is 1.79. The number of nitrogen functional groups attached to an aromatic ring is 1. The number of benzene rings is 2. The van der Waals surface area contributed by atoms with E-state index in [-0.39, 0.29) is 0 Å². The Morgan fingerprint density at radius 2 is 2.10 bits per heavy atom. The van der Waals surface area contributed by atoms with Gasteiger partial charge in [0.2, 0.25) is 0 Å². The zero-order valence-electron chi connectivity index (χ0n) is 11.5. The molecule has 0 amide bonds. The minimum Gasteiger partial charge on any atom is -0.493 e. The van der Waals surface area contributed by atoms with E-state index in [1.54, 1.807) is 0 Å². The molecule has 0 saturated carbocycles. The van der Waals surface area contributed by atoms with Crippen molar-refractivity contribution in [3.63, 3.8) is 0 Å². The summed E-state index contributed by atoms with van der Waals surface area (Å²) in [5.74, 6) is 1.05. The van der Waals surface area contributed by atoms with Crippen molar-refractivity contribution < 1.29 is 4.74 Å². The summed E-state index contributed by atoms with van der Waals surface area (Å²) in [6.45, 7) is 1.58. The van der Waals surface area contributed by atoms with Crippen LogP contribution >= 0.6 is 15.9 Å². The molecule has 3 nitrogen and oxygen atoms in total. The van der Waals surface area contributed by atoms with E-state index in [0.29, 0.717) is 0 Å². The Bertz CT molecular complexity index is 838. The van der Waals surface area contributed by atoms with Crippen molar-refractivity contribution in [3.8, 4) is 5.75 Å². The first kappa shape index (κ1) is 12.8. The molecule has 0 bridgehead atoms. The first-order valence-electron chi connectivity index (χ1n) is 6.99. The minimum absolute atomic E-state index is 0.780. The number of hydrogen-bond acceptors (Lipinski definition) is 2. The van der Waals surface area contributed by atoms with Crippen LogP contribution in [0.4, 0.5) is 5.69 Å². The molecule has 0 fully saturated rings. The molecule has 4 rings (SSSR count). The Labute approximate surface area is 131 Å². The number of ether oxygens (including phenoxy) is 1. The fraction of sp³-hybridized carbons (Fsp3) is 0.176. The van der Waals surface area contributed by atoms with E-state index >= 15 is 0 Å². The maximum Gasteiger partial charge on any atom is 0.127 e. The summed E-state index contributed by atoms with van der Waals surface area (Å²) in [5, 5.41) is 1.17. The van der Waals surface area contributed by atoms with Crippen molar-refractivity contribution in [2.75, 3.05) is 12.3 Å². The average molecular weight is 343 g/mol. The van der Waals surface area contributed by atoms with Crippen molar-refractivity contribution >= 4 is 32.5 Å². The summed E-state index contributed by atoms with van der Waals surface area (Å²) < 4.78 is 9.16. The number of nitrogens with zero attached hydrogens (tertiary/aromatic N) is 1. The molecule has 21 heavy (non-hydrogen) atoms. The van der Waals surface area contributed by atoms with Crippen LogP contribution in [0.5, 0.6) is 5.75 Å². The first-order chi connectivity index (χ1) is 10.2. The van der Waals surface area contributed by atoms with Crippen LogP contribution < -0.4 is 10.5 Å². The number of aromatic nitrogens is 1. The standard InChI is InChI=1S/C17H15BrN2O/c18-14-7-12-4-6-21-17(12)13(8-14)10-20-5-3-11-9-15(19)1-2-16(11)20/h1-3,5,7-9H,4,6,10,19H2. The van der Waals surface area contributed by atoms with Crippen molar-refractivity contribution in [2.45, 2.75) is 13.0 Å².